The van der Waals surface area contributed by atoms with Gasteiger partial charge in [0, 0.05) is 13.1 Å². The summed E-state index contributed by atoms with van der Waals surface area (Å²) in [6.45, 7) is 1.36. The van der Waals surface area contributed by atoms with Gasteiger partial charge in [-0.1, -0.05) is 6.07 Å². The summed E-state index contributed by atoms with van der Waals surface area (Å²) in [6.07, 6.45) is 0. The van der Waals surface area contributed by atoms with E-state index in [4.69, 9.17) is 5.11 Å². The van der Waals surface area contributed by atoms with E-state index < -0.39 is 25.8 Å². The van der Waals surface area contributed by atoms with E-state index in [9.17, 15) is 21.6 Å². The average Bonchev–Trinajstić information content (AvgIpc) is 2.38. The van der Waals surface area contributed by atoms with Crippen molar-refractivity contribution in [2.24, 2.45) is 0 Å². The van der Waals surface area contributed by atoms with Gasteiger partial charge in [-0.2, -0.15) is 4.31 Å². The van der Waals surface area contributed by atoms with E-state index in [1.54, 1.807) is 6.92 Å². The predicted octanol–water partition coefficient (Wildman–Crippen LogP) is 0.112. The maximum atomic E-state index is 12.4. The number of sulfonamides is 1. The van der Waals surface area contributed by atoms with E-state index >= 15 is 0 Å². The molecular formula is C12H15NO6S2. The molecule has 0 unspecified atom stereocenters. The van der Waals surface area contributed by atoms with Gasteiger partial charge in [0.25, 0.3) is 0 Å². The smallest absolute Gasteiger partial charge is 0.335 e. The third kappa shape index (κ3) is 3.25. The highest BCUT2D eigenvalue weighted by Crippen LogP contribution is 2.21. The summed E-state index contributed by atoms with van der Waals surface area (Å²) in [5, 5.41) is 9.05. The minimum Gasteiger partial charge on any atom is -0.478 e. The largest absolute Gasteiger partial charge is 0.478 e. The summed E-state index contributed by atoms with van der Waals surface area (Å²) >= 11 is 0. The van der Waals surface area contributed by atoms with Crippen molar-refractivity contribution in [1.29, 1.82) is 0 Å². The summed E-state index contributed by atoms with van der Waals surface area (Å²) in [5.74, 6) is -1.64. The third-order valence-electron chi connectivity index (χ3n) is 3.38. The van der Waals surface area contributed by atoms with Crippen molar-refractivity contribution in [3.8, 4) is 0 Å². The van der Waals surface area contributed by atoms with Crippen LogP contribution >= 0.6 is 0 Å². The number of aryl methyl sites for hydroxylation is 1. The van der Waals surface area contributed by atoms with Gasteiger partial charge in [0.15, 0.2) is 9.84 Å². The molecule has 116 valence electrons. The van der Waals surface area contributed by atoms with E-state index in [0.29, 0.717) is 5.56 Å². The van der Waals surface area contributed by atoms with E-state index in [2.05, 4.69) is 0 Å². The fourth-order valence-electron chi connectivity index (χ4n) is 2.08. The highest BCUT2D eigenvalue weighted by atomic mass is 32.2. The summed E-state index contributed by atoms with van der Waals surface area (Å²) in [4.78, 5) is 10.9. The quantitative estimate of drug-likeness (QED) is 0.841. The van der Waals surface area contributed by atoms with Crippen molar-refractivity contribution >= 4 is 25.8 Å². The molecule has 0 atom stereocenters. The Hall–Kier alpha value is -1.45. The molecule has 7 nitrogen and oxygen atoms in total. The maximum Gasteiger partial charge on any atom is 0.335 e. The summed E-state index contributed by atoms with van der Waals surface area (Å²) in [7, 11) is -7.07. The normalized spacial score (nSPS) is 19.3. The van der Waals surface area contributed by atoms with Crippen LogP contribution < -0.4 is 0 Å². The van der Waals surface area contributed by atoms with Crippen LogP contribution in [-0.2, 0) is 19.9 Å². The number of benzene rings is 1. The summed E-state index contributed by atoms with van der Waals surface area (Å²) in [5.41, 5.74) is 0.378. The second-order valence-electron chi connectivity index (χ2n) is 4.84. The number of rotatable bonds is 3. The first kappa shape index (κ1) is 15.9. The van der Waals surface area contributed by atoms with Gasteiger partial charge in [-0.3, -0.25) is 0 Å². The number of hydrogen-bond acceptors (Lipinski definition) is 5. The van der Waals surface area contributed by atoms with Gasteiger partial charge in [-0.05, 0) is 24.6 Å². The van der Waals surface area contributed by atoms with Gasteiger partial charge in [0.1, 0.15) is 0 Å². The molecular weight excluding hydrogens is 318 g/mol. The van der Waals surface area contributed by atoms with Crippen molar-refractivity contribution in [2.45, 2.75) is 11.8 Å². The SMILES string of the molecule is Cc1ccc(S(=O)(=O)N2CCS(=O)(=O)CC2)cc1C(=O)O. The number of carboxylic acid groups (broad SMARTS) is 1. The molecule has 1 heterocycles. The molecule has 21 heavy (non-hydrogen) atoms. The standard InChI is InChI=1S/C12H15NO6S2/c1-9-2-3-10(8-11(9)12(14)15)21(18,19)13-4-6-20(16,17)7-5-13/h2-3,8H,4-7H2,1H3,(H,14,15). The Morgan fingerprint density at radius 2 is 1.81 bits per heavy atom. The minimum atomic E-state index is -3.88. The lowest BCUT2D eigenvalue weighted by Gasteiger charge is -2.26. The van der Waals surface area contributed by atoms with Crippen molar-refractivity contribution in [2.75, 3.05) is 24.6 Å². The molecule has 1 saturated heterocycles. The zero-order valence-corrected chi connectivity index (χ0v) is 12.9. The van der Waals surface area contributed by atoms with Crippen LogP contribution in [0.25, 0.3) is 0 Å². The summed E-state index contributed by atoms with van der Waals surface area (Å²) in [6, 6.07) is 3.87. The van der Waals surface area contributed by atoms with Gasteiger partial charge in [-0.25, -0.2) is 21.6 Å². The van der Waals surface area contributed by atoms with Crippen molar-refractivity contribution in [3.63, 3.8) is 0 Å². The average molecular weight is 333 g/mol. The van der Waals surface area contributed by atoms with Gasteiger partial charge < -0.3 is 5.11 Å². The van der Waals surface area contributed by atoms with Crippen LogP contribution in [0.4, 0.5) is 0 Å². The van der Waals surface area contributed by atoms with Gasteiger partial charge in [0.05, 0.1) is 22.0 Å². The number of nitrogens with zero attached hydrogens (tertiary/aromatic N) is 1. The Kier molecular flexibility index (Phi) is 4.09. The van der Waals surface area contributed by atoms with Crippen LogP contribution in [0, 0.1) is 6.92 Å². The first-order chi connectivity index (χ1) is 9.63. The number of aromatic carboxylic acids is 1. The molecule has 1 aliphatic rings. The maximum absolute atomic E-state index is 12.4. The Morgan fingerprint density at radius 3 is 2.33 bits per heavy atom. The molecule has 0 bridgehead atoms. The van der Waals surface area contributed by atoms with E-state index in [1.807, 2.05) is 0 Å². The van der Waals surface area contributed by atoms with Crippen molar-refractivity contribution < 1.29 is 26.7 Å². The van der Waals surface area contributed by atoms with Crippen LogP contribution in [0.5, 0.6) is 0 Å². The lowest BCUT2D eigenvalue weighted by Crippen LogP contribution is -2.43. The second-order valence-corrected chi connectivity index (χ2v) is 9.08. The zero-order valence-electron chi connectivity index (χ0n) is 11.3. The number of carboxylic acids is 1. The molecule has 1 N–H and O–H groups in total. The van der Waals surface area contributed by atoms with Gasteiger partial charge >= 0.3 is 5.97 Å². The molecule has 0 spiro atoms. The molecule has 9 heteroatoms. The lowest BCUT2D eigenvalue weighted by atomic mass is 10.1. The Morgan fingerprint density at radius 1 is 1.24 bits per heavy atom. The Labute approximate surface area is 123 Å². The molecule has 1 aromatic carbocycles. The number of carbonyl (C=O) groups is 1. The highest BCUT2D eigenvalue weighted by molar-refractivity contribution is 7.92. The zero-order chi connectivity index (χ0) is 15.8. The molecule has 1 aromatic rings. The van der Waals surface area contributed by atoms with E-state index in [1.165, 1.54) is 12.1 Å². The van der Waals surface area contributed by atoms with Crippen LogP contribution in [0.15, 0.2) is 23.1 Å². The van der Waals surface area contributed by atoms with Crippen LogP contribution in [0.1, 0.15) is 15.9 Å². The topological polar surface area (TPSA) is 109 Å². The molecule has 0 aromatic heterocycles. The third-order valence-corrected chi connectivity index (χ3v) is 6.88. The molecule has 1 aliphatic heterocycles. The second kappa shape index (κ2) is 5.39. The predicted molar refractivity (Wildman–Crippen MR) is 75.6 cm³/mol. The highest BCUT2D eigenvalue weighted by Gasteiger charge is 2.31. The van der Waals surface area contributed by atoms with Crippen LogP contribution in [0.2, 0.25) is 0 Å². The minimum absolute atomic E-state index is 0.0827. The van der Waals surface area contributed by atoms with Gasteiger partial charge in [-0.15, -0.1) is 0 Å². The van der Waals surface area contributed by atoms with Crippen LogP contribution in [0.3, 0.4) is 0 Å². The molecule has 0 saturated carbocycles. The molecule has 2 rings (SSSR count). The number of hydrogen-bond donors (Lipinski definition) is 1. The first-order valence-corrected chi connectivity index (χ1v) is 9.44. The Bertz CT molecular complexity index is 768. The van der Waals surface area contributed by atoms with Gasteiger partial charge in [0.2, 0.25) is 10.0 Å². The van der Waals surface area contributed by atoms with Crippen molar-refractivity contribution in [1.82, 2.24) is 4.31 Å². The molecule has 0 radical (unpaired) electrons. The molecule has 0 amide bonds. The van der Waals surface area contributed by atoms with E-state index in [0.717, 1.165) is 10.4 Å². The molecule has 1 fully saturated rings. The lowest BCUT2D eigenvalue weighted by molar-refractivity contribution is 0.0696. The monoisotopic (exact) mass is 333 g/mol. The van der Waals surface area contributed by atoms with Crippen LogP contribution in [-0.4, -0.2) is 56.8 Å². The Balaban J connectivity index is 2.37. The molecule has 0 aliphatic carbocycles. The number of sulfone groups is 1. The van der Waals surface area contributed by atoms with Crippen molar-refractivity contribution in [3.05, 3.63) is 29.3 Å². The van der Waals surface area contributed by atoms with E-state index in [-0.39, 0.29) is 35.1 Å². The fraction of sp³-hybridized carbons (Fsp3) is 0.417. The summed E-state index contributed by atoms with van der Waals surface area (Å²) < 4.78 is 48.6. The fourth-order valence-corrected chi connectivity index (χ4v) is 4.98. The first-order valence-electron chi connectivity index (χ1n) is 6.18.